The fourth-order valence-electron chi connectivity index (χ4n) is 3.07. The Morgan fingerprint density at radius 2 is 2.23 bits per heavy atom. The Labute approximate surface area is 141 Å². The van der Waals surface area contributed by atoms with E-state index in [1.807, 2.05) is 6.21 Å². The molecule has 1 aromatic carbocycles. The largest absolute Gasteiger partial charge is 0.461 e. The Morgan fingerprint density at radius 3 is 3.05 bits per heavy atom. The fourth-order valence-corrected chi connectivity index (χ4v) is 3.65. The zero-order valence-electron chi connectivity index (χ0n) is 12.2. The quantitative estimate of drug-likeness (QED) is 0.515. The predicted octanol–water partition coefficient (Wildman–Crippen LogP) is 4.09. The summed E-state index contributed by atoms with van der Waals surface area (Å²) in [5.41, 5.74) is 4.69. The number of rotatable bonds is 2. The highest BCUT2D eigenvalue weighted by Gasteiger charge is 2.21. The van der Waals surface area contributed by atoms with Gasteiger partial charge in [-0.2, -0.15) is 10.1 Å². The Hall–Kier alpha value is -1.70. The molecule has 0 unspecified atom stereocenters. The molecule has 2 heterocycles. The van der Waals surface area contributed by atoms with Crippen LogP contribution < -0.4 is 0 Å². The smallest absolute Gasteiger partial charge is 0.245 e. The highest BCUT2D eigenvalue weighted by atomic mass is 127. The van der Waals surface area contributed by atoms with Gasteiger partial charge in [0.1, 0.15) is 17.7 Å². The SMILES string of the molecule is Cc1c(I)cc2oc3c(c2c1C=Nc1ncn[nH]1)CCCC3. The lowest BCUT2D eigenvalue weighted by Gasteiger charge is -2.10. The minimum atomic E-state index is 0.517. The number of H-pyrrole nitrogens is 1. The minimum absolute atomic E-state index is 0.517. The molecule has 0 saturated heterocycles. The van der Waals surface area contributed by atoms with Crippen LogP contribution in [0.5, 0.6) is 0 Å². The molecule has 0 aliphatic heterocycles. The number of nitrogens with one attached hydrogen (secondary N) is 1. The van der Waals surface area contributed by atoms with Crippen LogP contribution in [0.25, 0.3) is 11.0 Å². The number of nitrogens with zero attached hydrogens (tertiary/aromatic N) is 3. The number of aromatic amines is 1. The summed E-state index contributed by atoms with van der Waals surface area (Å²) in [4.78, 5) is 8.47. The van der Waals surface area contributed by atoms with Crippen molar-refractivity contribution in [3.05, 3.63) is 38.4 Å². The van der Waals surface area contributed by atoms with Crippen molar-refractivity contribution in [1.82, 2.24) is 15.2 Å². The maximum Gasteiger partial charge on any atom is 0.245 e. The number of aryl methyl sites for hydroxylation is 2. The summed E-state index contributed by atoms with van der Waals surface area (Å²) in [5, 5.41) is 7.81. The molecule has 3 aromatic rings. The number of aliphatic imine (C=N–C) groups is 1. The van der Waals surface area contributed by atoms with Crippen LogP contribution >= 0.6 is 22.6 Å². The minimum Gasteiger partial charge on any atom is -0.461 e. The molecule has 5 nitrogen and oxygen atoms in total. The zero-order chi connectivity index (χ0) is 15.1. The van der Waals surface area contributed by atoms with Gasteiger partial charge in [-0.1, -0.05) is 0 Å². The summed E-state index contributed by atoms with van der Waals surface area (Å²) in [6.07, 6.45) is 7.91. The Morgan fingerprint density at radius 1 is 1.36 bits per heavy atom. The van der Waals surface area contributed by atoms with Crippen molar-refractivity contribution < 1.29 is 4.42 Å². The first-order valence-corrected chi connectivity index (χ1v) is 8.44. The molecule has 0 atom stereocenters. The van der Waals surface area contributed by atoms with E-state index in [9.17, 15) is 0 Å². The molecule has 0 fully saturated rings. The standard InChI is InChI=1S/C16H15IN4O/c1-9-11(7-18-16-19-8-20-21-16)15-10-4-2-3-5-13(10)22-14(15)6-12(9)17/h6-8H,2-5H2,1H3,(H,19,20,21). The zero-order valence-corrected chi connectivity index (χ0v) is 14.3. The molecule has 0 spiro atoms. The average molecular weight is 406 g/mol. The second-order valence-electron chi connectivity index (χ2n) is 5.55. The summed E-state index contributed by atoms with van der Waals surface area (Å²) in [7, 11) is 0. The van der Waals surface area contributed by atoms with Crippen LogP contribution in [0.2, 0.25) is 0 Å². The van der Waals surface area contributed by atoms with Gasteiger partial charge >= 0.3 is 0 Å². The monoisotopic (exact) mass is 406 g/mol. The van der Waals surface area contributed by atoms with Crippen LogP contribution in [-0.4, -0.2) is 21.4 Å². The fraction of sp³-hybridized carbons (Fsp3) is 0.312. The van der Waals surface area contributed by atoms with E-state index in [-0.39, 0.29) is 0 Å². The normalized spacial score (nSPS) is 14.8. The van der Waals surface area contributed by atoms with Crippen LogP contribution in [0.1, 0.15) is 35.3 Å². The molecule has 2 aromatic heterocycles. The number of furan rings is 1. The number of halogens is 1. The number of hydrogen-bond donors (Lipinski definition) is 1. The first-order valence-electron chi connectivity index (χ1n) is 7.37. The van der Waals surface area contributed by atoms with Gasteiger partial charge in [-0.05, 0) is 60.4 Å². The van der Waals surface area contributed by atoms with Gasteiger partial charge in [-0.15, -0.1) is 0 Å². The molecule has 0 saturated carbocycles. The van der Waals surface area contributed by atoms with Gasteiger partial charge in [0.05, 0.1) is 0 Å². The van der Waals surface area contributed by atoms with E-state index in [1.54, 1.807) is 0 Å². The van der Waals surface area contributed by atoms with Gasteiger partial charge in [-0.3, -0.25) is 0 Å². The van der Waals surface area contributed by atoms with E-state index < -0.39 is 0 Å². The van der Waals surface area contributed by atoms with E-state index in [1.165, 1.54) is 39.3 Å². The Balaban J connectivity index is 1.94. The molecule has 1 N–H and O–H groups in total. The summed E-state index contributed by atoms with van der Waals surface area (Å²) in [6.45, 7) is 2.13. The molecule has 0 radical (unpaired) electrons. The topological polar surface area (TPSA) is 67.1 Å². The van der Waals surface area contributed by atoms with Crippen molar-refractivity contribution in [2.45, 2.75) is 32.6 Å². The van der Waals surface area contributed by atoms with E-state index in [4.69, 9.17) is 4.42 Å². The van der Waals surface area contributed by atoms with E-state index in [0.29, 0.717) is 5.95 Å². The second kappa shape index (κ2) is 5.49. The number of benzene rings is 1. The van der Waals surface area contributed by atoms with Crippen LogP contribution in [-0.2, 0) is 12.8 Å². The molecule has 112 valence electrons. The van der Waals surface area contributed by atoms with Gasteiger partial charge < -0.3 is 4.42 Å². The Bertz CT molecular complexity index is 864. The molecular formula is C16H15IN4O. The van der Waals surface area contributed by atoms with Crippen LogP contribution in [0, 0.1) is 10.5 Å². The first kappa shape index (κ1) is 13.9. The molecule has 6 heteroatoms. The predicted molar refractivity (Wildman–Crippen MR) is 93.9 cm³/mol. The second-order valence-corrected chi connectivity index (χ2v) is 6.71. The van der Waals surface area contributed by atoms with Crippen molar-refractivity contribution in [3.8, 4) is 0 Å². The lowest BCUT2D eigenvalue weighted by atomic mass is 9.93. The van der Waals surface area contributed by atoms with E-state index >= 15 is 0 Å². The van der Waals surface area contributed by atoms with Gasteiger partial charge in [-0.25, -0.2) is 10.1 Å². The van der Waals surface area contributed by atoms with Gasteiger partial charge in [0, 0.05) is 32.7 Å². The summed E-state index contributed by atoms with van der Waals surface area (Å²) in [5.74, 6) is 1.67. The maximum absolute atomic E-state index is 6.10. The van der Waals surface area contributed by atoms with Crippen molar-refractivity contribution in [2.75, 3.05) is 0 Å². The van der Waals surface area contributed by atoms with Crippen LogP contribution in [0.15, 0.2) is 21.8 Å². The molecular weight excluding hydrogens is 391 g/mol. The van der Waals surface area contributed by atoms with Crippen molar-refractivity contribution >= 4 is 45.7 Å². The van der Waals surface area contributed by atoms with Crippen molar-refractivity contribution in [1.29, 1.82) is 0 Å². The molecule has 1 aliphatic rings. The van der Waals surface area contributed by atoms with Gasteiger partial charge in [0.25, 0.3) is 0 Å². The summed E-state index contributed by atoms with van der Waals surface area (Å²) >= 11 is 2.35. The average Bonchev–Trinajstić information content (AvgIpc) is 3.15. The highest BCUT2D eigenvalue weighted by molar-refractivity contribution is 14.1. The maximum atomic E-state index is 6.10. The third-order valence-electron chi connectivity index (χ3n) is 4.21. The third-order valence-corrected chi connectivity index (χ3v) is 5.33. The van der Waals surface area contributed by atoms with Crippen molar-refractivity contribution in [2.24, 2.45) is 4.99 Å². The number of fused-ring (bicyclic) bond motifs is 3. The summed E-state index contributed by atoms with van der Waals surface area (Å²) in [6, 6.07) is 2.13. The van der Waals surface area contributed by atoms with Crippen LogP contribution in [0.3, 0.4) is 0 Å². The van der Waals surface area contributed by atoms with Gasteiger partial charge in [0.2, 0.25) is 5.95 Å². The number of hydrogen-bond acceptors (Lipinski definition) is 4. The van der Waals surface area contributed by atoms with E-state index in [2.05, 4.69) is 55.8 Å². The molecule has 22 heavy (non-hydrogen) atoms. The van der Waals surface area contributed by atoms with Crippen LogP contribution in [0.4, 0.5) is 5.95 Å². The molecule has 1 aliphatic carbocycles. The number of aromatic nitrogens is 3. The summed E-state index contributed by atoms with van der Waals surface area (Å²) < 4.78 is 7.29. The third kappa shape index (κ3) is 2.25. The molecule has 0 amide bonds. The first-order chi connectivity index (χ1) is 10.7. The molecule has 4 rings (SSSR count). The highest BCUT2D eigenvalue weighted by Crippen LogP contribution is 2.36. The van der Waals surface area contributed by atoms with Gasteiger partial charge in [0.15, 0.2) is 0 Å². The molecule has 0 bridgehead atoms. The Kier molecular flexibility index (Phi) is 3.48. The van der Waals surface area contributed by atoms with E-state index in [0.717, 1.165) is 29.7 Å². The lowest BCUT2D eigenvalue weighted by Crippen LogP contribution is -2.00. The van der Waals surface area contributed by atoms with Crippen molar-refractivity contribution in [3.63, 3.8) is 0 Å². The lowest BCUT2D eigenvalue weighted by molar-refractivity contribution is 0.506.